The fraction of sp³-hybridized carbons (Fsp3) is 0.583. The quantitative estimate of drug-likeness (QED) is 0.762. The molecule has 1 aromatic rings. The first kappa shape index (κ1) is 16.5. The molecule has 1 aromatic heterocycles. The molecule has 0 saturated carbocycles. The summed E-state index contributed by atoms with van der Waals surface area (Å²) in [7, 11) is 1.53. The smallest absolute Gasteiger partial charge is 0.287 e. The molecule has 0 aliphatic rings. The first-order chi connectivity index (χ1) is 9.38. The Balaban J connectivity index is 3.00. The average Bonchev–Trinajstić information content (AvgIpc) is 2.38. The van der Waals surface area contributed by atoms with Crippen LogP contribution in [0.2, 0.25) is 5.02 Å². The van der Waals surface area contributed by atoms with Crippen molar-refractivity contribution in [3.63, 3.8) is 0 Å². The zero-order valence-electron chi connectivity index (χ0n) is 11.7. The normalized spacial score (nSPS) is 12.4. The van der Waals surface area contributed by atoms with E-state index in [1.807, 2.05) is 13.8 Å². The van der Waals surface area contributed by atoms with E-state index in [0.717, 1.165) is 0 Å². The number of carbonyl (C=O) groups excluding carboxylic acids is 1. The maximum atomic E-state index is 12.0. The largest absolute Gasteiger partial charge is 0.383 e. The number of nitrogens with one attached hydrogen (secondary N) is 1. The molecule has 0 spiro atoms. The molecule has 3 N–H and O–H groups in total. The van der Waals surface area contributed by atoms with E-state index in [1.165, 1.54) is 18.0 Å². The molecule has 0 radical (unpaired) electrons. The SMILES string of the molecule is COCCn1ncc(NC(C(N)=O)C(C)C)c(Cl)c1=O. The Hall–Kier alpha value is -1.60. The summed E-state index contributed by atoms with van der Waals surface area (Å²) in [5.74, 6) is -0.556. The lowest BCUT2D eigenvalue weighted by atomic mass is 10.0. The number of aromatic nitrogens is 2. The fourth-order valence-electron chi connectivity index (χ4n) is 1.64. The molecule has 8 heteroatoms. The van der Waals surface area contributed by atoms with E-state index in [-0.39, 0.29) is 10.9 Å². The summed E-state index contributed by atoms with van der Waals surface area (Å²) in [5.41, 5.74) is 5.15. The zero-order valence-corrected chi connectivity index (χ0v) is 12.5. The monoisotopic (exact) mass is 302 g/mol. The predicted molar refractivity (Wildman–Crippen MR) is 76.8 cm³/mol. The molecular formula is C12H19ClN4O3. The number of methoxy groups -OCH3 is 1. The van der Waals surface area contributed by atoms with E-state index >= 15 is 0 Å². The number of hydrogen-bond acceptors (Lipinski definition) is 5. The van der Waals surface area contributed by atoms with E-state index in [0.29, 0.717) is 18.8 Å². The third-order valence-electron chi connectivity index (χ3n) is 2.78. The first-order valence-electron chi connectivity index (χ1n) is 6.18. The van der Waals surface area contributed by atoms with Gasteiger partial charge >= 0.3 is 0 Å². The maximum Gasteiger partial charge on any atom is 0.287 e. The molecule has 1 amide bonds. The van der Waals surface area contributed by atoms with Gasteiger partial charge in [0.25, 0.3) is 5.56 Å². The van der Waals surface area contributed by atoms with Crippen molar-refractivity contribution in [3.8, 4) is 0 Å². The highest BCUT2D eigenvalue weighted by molar-refractivity contribution is 6.33. The predicted octanol–water partition coefficient (Wildman–Crippen LogP) is 0.465. The van der Waals surface area contributed by atoms with Crippen molar-refractivity contribution < 1.29 is 9.53 Å². The number of nitrogens with zero attached hydrogens (tertiary/aromatic N) is 2. The minimum atomic E-state index is -0.622. The number of rotatable bonds is 7. The number of carbonyl (C=O) groups is 1. The summed E-state index contributed by atoms with van der Waals surface area (Å²) in [6, 6.07) is -0.622. The number of halogens is 1. The number of ether oxygens (including phenoxy) is 1. The Kier molecular flexibility index (Phi) is 5.97. The van der Waals surface area contributed by atoms with Crippen LogP contribution >= 0.6 is 11.6 Å². The van der Waals surface area contributed by atoms with Crippen molar-refractivity contribution in [2.24, 2.45) is 11.7 Å². The molecule has 0 fully saturated rings. The second-order valence-corrected chi connectivity index (χ2v) is 5.04. The summed E-state index contributed by atoms with van der Waals surface area (Å²) in [5, 5.41) is 6.81. The van der Waals surface area contributed by atoms with Crippen LogP contribution in [0.15, 0.2) is 11.0 Å². The summed E-state index contributed by atoms with van der Waals surface area (Å²) >= 11 is 6.00. The molecule has 20 heavy (non-hydrogen) atoms. The Bertz CT molecular complexity index is 530. The lowest BCUT2D eigenvalue weighted by Crippen LogP contribution is -2.40. The number of amides is 1. The van der Waals surface area contributed by atoms with E-state index in [1.54, 1.807) is 0 Å². The van der Waals surface area contributed by atoms with E-state index in [2.05, 4.69) is 10.4 Å². The molecule has 0 aromatic carbocycles. The third kappa shape index (κ3) is 3.94. The molecule has 1 rings (SSSR count). The highest BCUT2D eigenvalue weighted by atomic mass is 35.5. The van der Waals surface area contributed by atoms with Crippen LogP contribution in [0.25, 0.3) is 0 Å². The van der Waals surface area contributed by atoms with Crippen LogP contribution in [-0.2, 0) is 16.1 Å². The summed E-state index contributed by atoms with van der Waals surface area (Å²) in [6.45, 7) is 4.33. The maximum absolute atomic E-state index is 12.0. The van der Waals surface area contributed by atoms with Crippen LogP contribution in [0.1, 0.15) is 13.8 Å². The fourth-order valence-corrected chi connectivity index (χ4v) is 1.84. The van der Waals surface area contributed by atoms with Crippen molar-refractivity contribution in [3.05, 3.63) is 21.6 Å². The topological polar surface area (TPSA) is 99.2 Å². The number of primary amides is 1. The molecule has 7 nitrogen and oxygen atoms in total. The van der Waals surface area contributed by atoms with Gasteiger partial charge in [-0.3, -0.25) is 9.59 Å². The van der Waals surface area contributed by atoms with E-state index in [4.69, 9.17) is 22.1 Å². The standard InChI is InChI=1S/C12H19ClN4O3/c1-7(2)10(11(14)18)16-8-6-15-17(4-5-20-3)12(19)9(8)13/h6-7,10,16H,4-5H2,1-3H3,(H2,14,18). The zero-order chi connectivity index (χ0) is 15.3. The first-order valence-corrected chi connectivity index (χ1v) is 6.56. The van der Waals surface area contributed by atoms with Crippen molar-refractivity contribution in [2.45, 2.75) is 26.4 Å². The molecule has 0 bridgehead atoms. The summed E-state index contributed by atoms with van der Waals surface area (Å²) in [6.07, 6.45) is 1.40. The van der Waals surface area contributed by atoms with Crippen molar-refractivity contribution in [1.29, 1.82) is 0 Å². The van der Waals surface area contributed by atoms with Gasteiger partial charge in [-0.15, -0.1) is 0 Å². The number of nitrogens with two attached hydrogens (primary N) is 1. The van der Waals surface area contributed by atoms with E-state index < -0.39 is 17.5 Å². The molecule has 0 aliphatic carbocycles. The Morgan fingerprint density at radius 3 is 2.75 bits per heavy atom. The van der Waals surface area contributed by atoms with Crippen molar-refractivity contribution in [2.75, 3.05) is 19.0 Å². The summed E-state index contributed by atoms with van der Waals surface area (Å²) in [4.78, 5) is 23.3. The third-order valence-corrected chi connectivity index (χ3v) is 3.14. The van der Waals surface area contributed by atoms with Crippen LogP contribution in [0.3, 0.4) is 0 Å². The van der Waals surface area contributed by atoms with E-state index in [9.17, 15) is 9.59 Å². The lowest BCUT2D eigenvalue weighted by Gasteiger charge is -2.20. The minimum Gasteiger partial charge on any atom is -0.383 e. The van der Waals surface area contributed by atoms with Gasteiger partial charge in [0, 0.05) is 7.11 Å². The van der Waals surface area contributed by atoms with Gasteiger partial charge in [-0.1, -0.05) is 25.4 Å². The van der Waals surface area contributed by atoms with Crippen LogP contribution in [-0.4, -0.2) is 35.4 Å². The van der Waals surface area contributed by atoms with Crippen LogP contribution in [0, 0.1) is 5.92 Å². The number of anilines is 1. The average molecular weight is 303 g/mol. The summed E-state index contributed by atoms with van der Waals surface area (Å²) < 4.78 is 6.08. The van der Waals surface area contributed by atoms with Crippen LogP contribution in [0.5, 0.6) is 0 Å². The van der Waals surface area contributed by atoms with Crippen molar-refractivity contribution in [1.82, 2.24) is 9.78 Å². The second-order valence-electron chi connectivity index (χ2n) is 4.66. The number of hydrogen-bond donors (Lipinski definition) is 2. The molecule has 1 atom stereocenters. The second kappa shape index (κ2) is 7.25. The van der Waals surface area contributed by atoms with Gasteiger partial charge in [-0.2, -0.15) is 5.10 Å². The molecule has 112 valence electrons. The van der Waals surface area contributed by atoms with Gasteiger partial charge in [-0.05, 0) is 5.92 Å². The van der Waals surface area contributed by atoms with Gasteiger partial charge in [0.05, 0.1) is 25.0 Å². The molecule has 1 heterocycles. The van der Waals surface area contributed by atoms with Crippen LogP contribution < -0.4 is 16.6 Å². The molecule has 1 unspecified atom stereocenters. The minimum absolute atomic E-state index is 0.0250. The Labute approximate surface area is 122 Å². The van der Waals surface area contributed by atoms with Gasteiger partial charge in [0.1, 0.15) is 11.1 Å². The van der Waals surface area contributed by atoms with Gasteiger partial charge in [0.15, 0.2) is 0 Å². The van der Waals surface area contributed by atoms with Gasteiger partial charge < -0.3 is 15.8 Å². The lowest BCUT2D eigenvalue weighted by molar-refractivity contribution is -0.119. The Morgan fingerprint density at radius 2 is 2.25 bits per heavy atom. The van der Waals surface area contributed by atoms with Crippen LogP contribution in [0.4, 0.5) is 5.69 Å². The molecule has 0 aliphatic heterocycles. The molecular weight excluding hydrogens is 284 g/mol. The molecule has 0 saturated heterocycles. The highest BCUT2D eigenvalue weighted by Gasteiger charge is 2.21. The van der Waals surface area contributed by atoms with Gasteiger partial charge in [-0.25, -0.2) is 4.68 Å². The highest BCUT2D eigenvalue weighted by Crippen LogP contribution is 2.18. The Morgan fingerprint density at radius 1 is 1.60 bits per heavy atom. The van der Waals surface area contributed by atoms with Crippen molar-refractivity contribution >= 4 is 23.2 Å². The van der Waals surface area contributed by atoms with Gasteiger partial charge in [0.2, 0.25) is 5.91 Å².